The van der Waals surface area contributed by atoms with Crippen LogP contribution in [0.3, 0.4) is 0 Å². The Bertz CT molecular complexity index is 800. The molecule has 2 rings (SSSR count). The summed E-state index contributed by atoms with van der Waals surface area (Å²) in [6.07, 6.45) is 1.46. The molecule has 0 spiro atoms. The minimum Gasteiger partial charge on any atom is -0.346 e. The summed E-state index contributed by atoms with van der Waals surface area (Å²) in [7, 11) is -3.58. The van der Waals surface area contributed by atoms with E-state index in [1.54, 1.807) is 0 Å². The highest BCUT2D eigenvalue weighted by atomic mass is 32.2. The molecule has 0 radical (unpaired) electrons. The van der Waals surface area contributed by atoms with Gasteiger partial charge in [0.25, 0.3) is 5.91 Å². The first-order chi connectivity index (χ1) is 11.4. The lowest BCUT2D eigenvalue weighted by Gasteiger charge is -2.14. The summed E-state index contributed by atoms with van der Waals surface area (Å²) in [4.78, 5) is 12.4. The molecule has 0 aliphatic heterocycles. The van der Waals surface area contributed by atoms with Crippen molar-refractivity contribution < 1.29 is 13.2 Å². The van der Waals surface area contributed by atoms with E-state index in [1.165, 1.54) is 30.3 Å². The number of sulfonamides is 1. The average Bonchev–Trinajstić information content (AvgIpc) is 2.60. The van der Waals surface area contributed by atoms with Gasteiger partial charge >= 0.3 is 0 Å². The fraction of sp³-hybridized carbons (Fsp3) is 0.167. The molecule has 24 heavy (non-hydrogen) atoms. The molecule has 5 nitrogen and oxygen atoms in total. The van der Waals surface area contributed by atoms with E-state index in [0.717, 1.165) is 5.56 Å². The third-order valence-corrected chi connectivity index (χ3v) is 4.93. The summed E-state index contributed by atoms with van der Waals surface area (Å²) < 4.78 is 26.3. The second-order valence-corrected chi connectivity index (χ2v) is 7.04. The number of carbonyl (C=O) groups is 1. The number of hydrogen-bond acceptors (Lipinski definition) is 3. The summed E-state index contributed by atoms with van der Waals surface area (Å²) in [6, 6.07) is 15.3. The van der Waals surface area contributed by atoms with Crippen LogP contribution >= 0.6 is 0 Å². The van der Waals surface area contributed by atoms with Gasteiger partial charge in [0.15, 0.2) is 0 Å². The van der Waals surface area contributed by atoms with E-state index in [2.05, 4.69) is 16.6 Å². The third-order valence-electron chi connectivity index (χ3n) is 3.49. The van der Waals surface area contributed by atoms with Crippen molar-refractivity contribution >= 4 is 15.9 Å². The van der Waals surface area contributed by atoms with Crippen molar-refractivity contribution in [2.24, 2.45) is 0 Å². The Balaban J connectivity index is 2.07. The Hall–Kier alpha value is -2.44. The first kappa shape index (κ1) is 17.9. The molecule has 6 heteroatoms. The SMILES string of the molecule is C=CCNS(=O)(=O)c1ccc(C(=O)NC(C)c2ccccc2)cc1. The number of hydrogen-bond donors (Lipinski definition) is 2. The second-order valence-electron chi connectivity index (χ2n) is 5.27. The molecule has 0 heterocycles. The van der Waals surface area contributed by atoms with Crippen LogP contribution < -0.4 is 10.0 Å². The van der Waals surface area contributed by atoms with Crippen LogP contribution in [-0.4, -0.2) is 20.9 Å². The van der Waals surface area contributed by atoms with Gasteiger partial charge in [0, 0.05) is 12.1 Å². The highest BCUT2D eigenvalue weighted by Crippen LogP contribution is 2.14. The number of amides is 1. The van der Waals surface area contributed by atoms with Gasteiger partial charge in [-0.15, -0.1) is 6.58 Å². The average molecular weight is 344 g/mol. The van der Waals surface area contributed by atoms with E-state index < -0.39 is 10.0 Å². The highest BCUT2D eigenvalue weighted by molar-refractivity contribution is 7.89. The lowest BCUT2D eigenvalue weighted by Crippen LogP contribution is -2.27. The van der Waals surface area contributed by atoms with Crippen LogP contribution in [-0.2, 0) is 10.0 Å². The van der Waals surface area contributed by atoms with Crippen LogP contribution in [0.2, 0.25) is 0 Å². The predicted molar refractivity (Wildman–Crippen MR) is 94.2 cm³/mol. The molecule has 126 valence electrons. The zero-order valence-electron chi connectivity index (χ0n) is 13.4. The van der Waals surface area contributed by atoms with Gasteiger partial charge in [-0.3, -0.25) is 4.79 Å². The van der Waals surface area contributed by atoms with Crippen molar-refractivity contribution in [2.75, 3.05) is 6.54 Å². The fourth-order valence-corrected chi connectivity index (χ4v) is 3.14. The third kappa shape index (κ3) is 4.53. The summed E-state index contributed by atoms with van der Waals surface area (Å²) in [5, 5.41) is 2.89. The standard InChI is InChI=1S/C18H20N2O3S/c1-3-13-19-24(22,23)17-11-9-16(10-12-17)18(21)20-14(2)15-7-5-4-6-8-15/h3-12,14,19H,1,13H2,2H3,(H,20,21). The lowest BCUT2D eigenvalue weighted by atomic mass is 10.1. The zero-order chi connectivity index (χ0) is 17.6. The van der Waals surface area contributed by atoms with Crippen molar-refractivity contribution in [3.05, 3.63) is 78.4 Å². The van der Waals surface area contributed by atoms with Gasteiger partial charge in [0.2, 0.25) is 10.0 Å². The first-order valence-corrected chi connectivity index (χ1v) is 8.99. The van der Waals surface area contributed by atoms with Gasteiger partial charge in [0.1, 0.15) is 0 Å². The molecule has 2 aromatic rings. The molecule has 0 bridgehead atoms. The van der Waals surface area contributed by atoms with Crippen LogP contribution in [0, 0.1) is 0 Å². The van der Waals surface area contributed by atoms with Crippen molar-refractivity contribution in [2.45, 2.75) is 17.9 Å². The molecule has 1 amide bonds. The Morgan fingerprint density at radius 2 is 1.75 bits per heavy atom. The quantitative estimate of drug-likeness (QED) is 0.758. The van der Waals surface area contributed by atoms with Gasteiger partial charge in [-0.1, -0.05) is 36.4 Å². The molecule has 1 atom stereocenters. The van der Waals surface area contributed by atoms with Crippen molar-refractivity contribution in [3.63, 3.8) is 0 Å². The van der Waals surface area contributed by atoms with E-state index in [4.69, 9.17) is 0 Å². The maximum atomic E-state index is 12.3. The summed E-state index contributed by atoms with van der Waals surface area (Å²) >= 11 is 0. The van der Waals surface area contributed by atoms with E-state index in [1.807, 2.05) is 37.3 Å². The normalized spacial score (nSPS) is 12.4. The minimum absolute atomic E-state index is 0.108. The molecule has 0 saturated carbocycles. The Morgan fingerprint density at radius 1 is 1.12 bits per heavy atom. The van der Waals surface area contributed by atoms with Crippen molar-refractivity contribution in [1.82, 2.24) is 10.0 Å². The maximum absolute atomic E-state index is 12.3. The van der Waals surface area contributed by atoms with Gasteiger partial charge in [-0.2, -0.15) is 0 Å². The van der Waals surface area contributed by atoms with Crippen LogP contribution in [0.15, 0.2) is 72.1 Å². The number of nitrogens with one attached hydrogen (secondary N) is 2. The largest absolute Gasteiger partial charge is 0.346 e. The molecule has 0 aliphatic carbocycles. The fourth-order valence-electron chi connectivity index (χ4n) is 2.14. The van der Waals surface area contributed by atoms with Crippen molar-refractivity contribution in [1.29, 1.82) is 0 Å². The smallest absolute Gasteiger partial charge is 0.251 e. The van der Waals surface area contributed by atoms with Crippen molar-refractivity contribution in [3.8, 4) is 0 Å². The summed E-state index contributed by atoms with van der Waals surface area (Å²) in [5.74, 6) is -0.255. The Labute approximate surface area is 142 Å². The molecule has 0 aliphatic rings. The monoisotopic (exact) mass is 344 g/mol. The van der Waals surface area contributed by atoms with E-state index in [9.17, 15) is 13.2 Å². The van der Waals surface area contributed by atoms with Gasteiger partial charge in [-0.05, 0) is 36.8 Å². The molecule has 0 saturated heterocycles. The van der Waals surface area contributed by atoms with Gasteiger partial charge in [-0.25, -0.2) is 13.1 Å². The predicted octanol–water partition coefficient (Wildman–Crippen LogP) is 2.64. The Kier molecular flexibility index (Phi) is 5.89. The number of benzene rings is 2. The molecular formula is C18H20N2O3S. The van der Waals surface area contributed by atoms with Crippen LogP contribution in [0.5, 0.6) is 0 Å². The molecule has 2 aromatic carbocycles. The molecule has 0 aromatic heterocycles. The highest BCUT2D eigenvalue weighted by Gasteiger charge is 2.15. The van der Waals surface area contributed by atoms with Crippen LogP contribution in [0.25, 0.3) is 0 Å². The van der Waals surface area contributed by atoms with E-state index in [0.29, 0.717) is 5.56 Å². The van der Waals surface area contributed by atoms with Crippen LogP contribution in [0.1, 0.15) is 28.9 Å². The number of rotatable bonds is 7. The summed E-state index contributed by atoms with van der Waals surface area (Å²) in [5.41, 5.74) is 1.40. The van der Waals surface area contributed by atoms with Crippen LogP contribution in [0.4, 0.5) is 0 Å². The zero-order valence-corrected chi connectivity index (χ0v) is 14.2. The van der Waals surface area contributed by atoms with Gasteiger partial charge < -0.3 is 5.32 Å². The maximum Gasteiger partial charge on any atom is 0.251 e. The lowest BCUT2D eigenvalue weighted by molar-refractivity contribution is 0.0940. The first-order valence-electron chi connectivity index (χ1n) is 7.50. The minimum atomic E-state index is -3.58. The van der Waals surface area contributed by atoms with E-state index >= 15 is 0 Å². The number of carbonyl (C=O) groups excluding carboxylic acids is 1. The molecule has 1 unspecified atom stereocenters. The molecule has 2 N–H and O–H groups in total. The molecular weight excluding hydrogens is 324 g/mol. The van der Waals surface area contributed by atoms with Gasteiger partial charge in [0.05, 0.1) is 10.9 Å². The second kappa shape index (κ2) is 7.90. The topological polar surface area (TPSA) is 75.3 Å². The van der Waals surface area contributed by atoms with E-state index in [-0.39, 0.29) is 23.4 Å². The Morgan fingerprint density at radius 3 is 2.33 bits per heavy atom. The summed E-state index contributed by atoms with van der Waals surface area (Å²) in [6.45, 7) is 5.51. The molecule has 0 fully saturated rings.